The van der Waals surface area contributed by atoms with E-state index in [0.29, 0.717) is 31.4 Å². The zero-order valence-corrected chi connectivity index (χ0v) is 14.8. The summed E-state index contributed by atoms with van der Waals surface area (Å²) in [7, 11) is 1.64. The number of hydrogen-bond acceptors (Lipinski definition) is 4. The molecule has 0 saturated carbocycles. The first-order valence-corrected chi connectivity index (χ1v) is 8.22. The predicted molar refractivity (Wildman–Crippen MR) is 95.9 cm³/mol. The van der Waals surface area contributed by atoms with Crippen LogP contribution < -0.4 is 20.1 Å². The van der Waals surface area contributed by atoms with Crippen LogP contribution in [0.5, 0.6) is 11.5 Å². The summed E-state index contributed by atoms with van der Waals surface area (Å²) in [5, 5.41) is 6.21. The summed E-state index contributed by atoms with van der Waals surface area (Å²) in [5.74, 6) is 1.45. The van der Waals surface area contributed by atoms with Gasteiger partial charge in [-0.05, 0) is 29.8 Å². The van der Waals surface area contributed by atoms with E-state index in [0.717, 1.165) is 5.56 Å². The van der Waals surface area contributed by atoms with Crippen LogP contribution in [0.4, 0.5) is 13.2 Å². The fourth-order valence-electron chi connectivity index (χ4n) is 2.05. The van der Waals surface area contributed by atoms with Gasteiger partial charge in [0.05, 0.1) is 12.7 Å². The van der Waals surface area contributed by atoms with E-state index in [1.165, 1.54) is 12.1 Å². The predicted octanol–water partition coefficient (Wildman–Crippen LogP) is 2.77. The van der Waals surface area contributed by atoms with E-state index in [1.807, 2.05) is 6.07 Å². The first kappa shape index (κ1) is 20.3. The molecule has 1 heterocycles. The second-order valence-corrected chi connectivity index (χ2v) is 5.44. The minimum atomic E-state index is -4.35. The molecule has 2 N–H and O–H groups in total. The molecule has 0 saturated heterocycles. The van der Waals surface area contributed by atoms with Crippen molar-refractivity contribution in [2.45, 2.75) is 12.7 Å². The molecule has 0 amide bonds. The molecule has 1 aromatic heterocycles. The number of ether oxygens (including phenoxy) is 2. The van der Waals surface area contributed by atoms with E-state index in [9.17, 15) is 13.2 Å². The number of benzene rings is 1. The van der Waals surface area contributed by atoms with E-state index in [2.05, 4.69) is 25.3 Å². The summed E-state index contributed by atoms with van der Waals surface area (Å²) in [5.41, 5.74) is 0.879. The monoisotopic (exact) mass is 382 g/mol. The highest BCUT2D eigenvalue weighted by Crippen LogP contribution is 2.18. The van der Waals surface area contributed by atoms with Crippen molar-refractivity contribution < 1.29 is 22.6 Å². The first-order valence-electron chi connectivity index (χ1n) is 8.22. The molecule has 0 bridgehead atoms. The fourth-order valence-corrected chi connectivity index (χ4v) is 2.05. The lowest BCUT2D eigenvalue weighted by atomic mass is 10.2. The Balaban J connectivity index is 1.69. The molecule has 0 aliphatic rings. The molecule has 0 fully saturated rings. The van der Waals surface area contributed by atoms with Crippen LogP contribution in [0.15, 0.2) is 53.8 Å². The maximum atomic E-state index is 12.1. The Labute approximate surface area is 155 Å². The number of rotatable bonds is 8. The molecule has 0 aliphatic carbocycles. The maximum absolute atomic E-state index is 12.1. The van der Waals surface area contributed by atoms with Crippen LogP contribution >= 0.6 is 0 Å². The molecule has 146 valence electrons. The van der Waals surface area contributed by atoms with E-state index in [4.69, 9.17) is 4.74 Å². The number of nitrogens with one attached hydrogen (secondary N) is 2. The Hall–Kier alpha value is -2.97. The average molecular weight is 382 g/mol. The zero-order chi connectivity index (χ0) is 19.5. The van der Waals surface area contributed by atoms with Gasteiger partial charge < -0.3 is 20.1 Å². The van der Waals surface area contributed by atoms with Gasteiger partial charge in [0, 0.05) is 19.8 Å². The van der Waals surface area contributed by atoms with Crippen molar-refractivity contribution >= 4 is 5.96 Å². The van der Waals surface area contributed by atoms with Gasteiger partial charge in [-0.1, -0.05) is 12.1 Å². The second kappa shape index (κ2) is 10.2. The van der Waals surface area contributed by atoms with Gasteiger partial charge in [-0.25, -0.2) is 0 Å². The largest absolute Gasteiger partial charge is 0.490 e. The summed E-state index contributed by atoms with van der Waals surface area (Å²) in [6, 6.07) is 10.0. The third kappa shape index (κ3) is 8.30. The van der Waals surface area contributed by atoms with Gasteiger partial charge in [0.15, 0.2) is 12.6 Å². The van der Waals surface area contributed by atoms with E-state index in [-0.39, 0.29) is 5.75 Å². The van der Waals surface area contributed by atoms with Crippen molar-refractivity contribution in [1.82, 2.24) is 15.6 Å². The van der Waals surface area contributed by atoms with Crippen LogP contribution in [-0.2, 0) is 6.54 Å². The molecular weight excluding hydrogens is 361 g/mol. The molecule has 2 aromatic rings. The van der Waals surface area contributed by atoms with Gasteiger partial charge in [-0.2, -0.15) is 13.2 Å². The van der Waals surface area contributed by atoms with Crippen LogP contribution in [0.25, 0.3) is 0 Å². The van der Waals surface area contributed by atoms with Gasteiger partial charge >= 0.3 is 6.18 Å². The molecule has 0 aliphatic heterocycles. The smallest absolute Gasteiger partial charge is 0.422 e. The van der Waals surface area contributed by atoms with Gasteiger partial charge in [0.2, 0.25) is 0 Å². The highest BCUT2D eigenvalue weighted by molar-refractivity contribution is 5.79. The molecule has 0 unspecified atom stereocenters. The molecule has 1 aromatic carbocycles. The minimum Gasteiger partial charge on any atom is -0.490 e. The lowest BCUT2D eigenvalue weighted by Crippen LogP contribution is -2.38. The molecule has 2 rings (SSSR count). The van der Waals surface area contributed by atoms with Crippen molar-refractivity contribution in [2.24, 2.45) is 4.99 Å². The highest BCUT2D eigenvalue weighted by Gasteiger charge is 2.28. The average Bonchev–Trinajstić information content (AvgIpc) is 2.67. The maximum Gasteiger partial charge on any atom is 0.422 e. The van der Waals surface area contributed by atoms with Crippen LogP contribution in [-0.4, -0.2) is 43.9 Å². The van der Waals surface area contributed by atoms with Crippen LogP contribution in [0.3, 0.4) is 0 Å². The third-order valence-electron chi connectivity index (χ3n) is 3.31. The fraction of sp³-hybridized carbons (Fsp3) is 0.333. The summed E-state index contributed by atoms with van der Waals surface area (Å²) in [4.78, 5) is 8.06. The summed E-state index contributed by atoms with van der Waals surface area (Å²) in [6.07, 6.45) is -1.04. The Morgan fingerprint density at radius 3 is 2.48 bits per heavy atom. The Morgan fingerprint density at radius 1 is 1.07 bits per heavy atom. The molecule has 27 heavy (non-hydrogen) atoms. The van der Waals surface area contributed by atoms with Crippen molar-refractivity contribution in [3.05, 3.63) is 54.4 Å². The number of halogens is 3. The van der Waals surface area contributed by atoms with Crippen LogP contribution in [0, 0.1) is 0 Å². The summed E-state index contributed by atoms with van der Waals surface area (Å²) >= 11 is 0. The third-order valence-corrected chi connectivity index (χ3v) is 3.31. The Kier molecular flexibility index (Phi) is 7.72. The number of alkyl halides is 3. The zero-order valence-electron chi connectivity index (χ0n) is 14.8. The van der Waals surface area contributed by atoms with Gasteiger partial charge in [0.25, 0.3) is 0 Å². The van der Waals surface area contributed by atoms with E-state index >= 15 is 0 Å². The Morgan fingerprint density at radius 2 is 1.85 bits per heavy atom. The van der Waals surface area contributed by atoms with Crippen LogP contribution in [0.2, 0.25) is 0 Å². The number of guanidine groups is 1. The first-order chi connectivity index (χ1) is 13.0. The van der Waals surface area contributed by atoms with Crippen molar-refractivity contribution in [2.75, 3.05) is 26.8 Å². The van der Waals surface area contributed by atoms with Gasteiger partial charge in [-0.3, -0.25) is 9.98 Å². The molecule has 0 radical (unpaired) electrons. The molecular formula is C18H21F3N4O2. The van der Waals surface area contributed by atoms with Crippen molar-refractivity contribution in [3.63, 3.8) is 0 Å². The van der Waals surface area contributed by atoms with Gasteiger partial charge in [0.1, 0.15) is 18.1 Å². The highest BCUT2D eigenvalue weighted by atomic mass is 19.4. The molecule has 6 nitrogen and oxygen atoms in total. The number of nitrogens with zero attached hydrogens (tertiary/aromatic N) is 2. The number of hydrogen-bond donors (Lipinski definition) is 2. The van der Waals surface area contributed by atoms with Crippen molar-refractivity contribution in [3.8, 4) is 11.5 Å². The van der Waals surface area contributed by atoms with Gasteiger partial charge in [-0.15, -0.1) is 0 Å². The van der Waals surface area contributed by atoms with Crippen LogP contribution in [0.1, 0.15) is 5.56 Å². The topological polar surface area (TPSA) is 67.8 Å². The van der Waals surface area contributed by atoms with E-state index < -0.39 is 12.8 Å². The SMILES string of the molecule is CN=C(NCCOc1cccnc1)NCc1ccc(OCC(F)(F)F)cc1. The van der Waals surface area contributed by atoms with E-state index in [1.54, 1.807) is 37.6 Å². The molecule has 0 spiro atoms. The van der Waals surface area contributed by atoms with Crippen molar-refractivity contribution in [1.29, 1.82) is 0 Å². The standard InChI is InChI=1S/C18H21F3N4O2/c1-22-17(24-9-10-26-16-3-2-8-23-12-16)25-11-14-4-6-15(7-5-14)27-13-18(19,20)21/h2-8,12H,9-11,13H2,1H3,(H2,22,24,25). The number of aliphatic imine (C=N–C) groups is 1. The normalized spacial score (nSPS) is 11.8. The second-order valence-electron chi connectivity index (χ2n) is 5.44. The Bertz CT molecular complexity index is 707. The quantitative estimate of drug-likeness (QED) is 0.418. The summed E-state index contributed by atoms with van der Waals surface area (Å²) in [6.45, 7) is 0.140. The lowest BCUT2D eigenvalue weighted by molar-refractivity contribution is -0.153. The molecule has 9 heteroatoms. The summed E-state index contributed by atoms with van der Waals surface area (Å²) < 4.78 is 46.6. The number of pyridine rings is 1. The minimum absolute atomic E-state index is 0.172. The number of aromatic nitrogens is 1. The lowest BCUT2D eigenvalue weighted by Gasteiger charge is -2.13. The molecule has 0 atom stereocenters.